The van der Waals surface area contributed by atoms with Crippen LogP contribution in [0.4, 0.5) is 0 Å². The number of benzene rings is 2. The van der Waals surface area contributed by atoms with E-state index in [0.29, 0.717) is 33.0 Å². The molecule has 0 aliphatic heterocycles. The third kappa shape index (κ3) is 4.15. The van der Waals surface area contributed by atoms with E-state index in [1.807, 2.05) is 24.3 Å². The summed E-state index contributed by atoms with van der Waals surface area (Å²) in [5.74, 6) is 0.414. The highest BCUT2D eigenvalue weighted by atomic mass is 35.5. The Bertz CT molecular complexity index is 673. The van der Waals surface area contributed by atoms with Gasteiger partial charge >= 0.3 is 5.97 Å². The number of rotatable bonds is 5. The smallest absolute Gasteiger partial charge is 0.307 e. The third-order valence-electron chi connectivity index (χ3n) is 3.16. The molecular formula is C17H16Cl2O3. The predicted molar refractivity (Wildman–Crippen MR) is 88.4 cm³/mol. The van der Waals surface area contributed by atoms with Crippen LogP contribution in [0.5, 0.6) is 11.5 Å². The summed E-state index contributed by atoms with van der Waals surface area (Å²) in [4.78, 5) is 10.8. The molecule has 0 spiro atoms. The van der Waals surface area contributed by atoms with Crippen molar-refractivity contribution in [3.8, 4) is 11.5 Å². The van der Waals surface area contributed by atoms with Gasteiger partial charge in [-0.05, 0) is 41.3 Å². The van der Waals surface area contributed by atoms with Gasteiger partial charge in [-0.2, -0.15) is 0 Å². The van der Waals surface area contributed by atoms with Crippen molar-refractivity contribution in [2.45, 2.75) is 26.2 Å². The van der Waals surface area contributed by atoms with E-state index in [1.54, 1.807) is 12.1 Å². The topological polar surface area (TPSA) is 46.5 Å². The van der Waals surface area contributed by atoms with Gasteiger partial charge in [0.1, 0.15) is 5.75 Å². The minimum Gasteiger partial charge on any atom is -0.481 e. The second-order valence-corrected chi connectivity index (χ2v) is 6.10. The Morgan fingerprint density at radius 3 is 2.36 bits per heavy atom. The molecule has 0 aliphatic rings. The van der Waals surface area contributed by atoms with Gasteiger partial charge in [0.25, 0.3) is 0 Å². The first kappa shape index (κ1) is 16.7. The average molecular weight is 339 g/mol. The molecule has 0 atom stereocenters. The van der Waals surface area contributed by atoms with Gasteiger partial charge in [0.2, 0.25) is 0 Å². The number of hydrogen-bond donors (Lipinski definition) is 1. The molecule has 0 unspecified atom stereocenters. The molecule has 116 valence electrons. The molecule has 0 saturated heterocycles. The fourth-order valence-corrected chi connectivity index (χ4v) is 2.65. The second kappa shape index (κ2) is 7.03. The number of carboxylic acids is 1. The van der Waals surface area contributed by atoms with Crippen LogP contribution in [-0.4, -0.2) is 11.1 Å². The lowest BCUT2D eigenvalue weighted by Crippen LogP contribution is -2.00. The van der Waals surface area contributed by atoms with Crippen molar-refractivity contribution < 1.29 is 14.6 Å². The summed E-state index contributed by atoms with van der Waals surface area (Å²) < 4.78 is 5.78. The van der Waals surface area contributed by atoms with Crippen molar-refractivity contribution in [3.63, 3.8) is 0 Å². The second-order valence-electron chi connectivity index (χ2n) is 5.29. The highest BCUT2D eigenvalue weighted by molar-refractivity contribution is 6.37. The monoisotopic (exact) mass is 338 g/mol. The zero-order chi connectivity index (χ0) is 16.3. The van der Waals surface area contributed by atoms with Crippen LogP contribution in [0.15, 0.2) is 36.4 Å². The van der Waals surface area contributed by atoms with Crippen LogP contribution in [0, 0.1) is 0 Å². The molecule has 0 bridgehead atoms. The number of hydrogen-bond acceptors (Lipinski definition) is 2. The molecule has 0 heterocycles. The number of halogens is 2. The summed E-state index contributed by atoms with van der Waals surface area (Å²) >= 11 is 12.3. The van der Waals surface area contributed by atoms with Gasteiger partial charge < -0.3 is 9.84 Å². The Labute approximate surface area is 139 Å². The maximum absolute atomic E-state index is 10.8. The van der Waals surface area contributed by atoms with Crippen LogP contribution in [0.25, 0.3) is 0 Å². The Hall–Kier alpha value is -1.71. The molecule has 1 N–H and O–H groups in total. The van der Waals surface area contributed by atoms with Gasteiger partial charge in [-0.3, -0.25) is 4.79 Å². The van der Waals surface area contributed by atoms with Crippen LogP contribution in [0.1, 0.15) is 30.9 Å². The molecule has 3 nitrogen and oxygen atoms in total. The molecule has 2 rings (SSSR count). The van der Waals surface area contributed by atoms with Crippen LogP contribution < -0.4 is 4.74 Å². The number of ether oxygens (including phenoxy) is 1. The van der Waals surface area contributed by atoms with E-state index in [0.717, 1.165) is 5.56 Å². The molecule has 22 heavy (non-hydrogen) atoms. The van der Waals surface area contributed by atoms with Crippen molar-refractivity contribution in [2.75, 3.05) is 0 Å². The fraction of sp³-hybridized carbons (Fsp3) is 0.235. The first-order chi connectivity index (χ1) is 10.4. The van der Waals surface area contributed by atoms with Crippen molar-refractivity contribution in [3.05, 3.63) is 57.6 Å². The molecule has 0 aromatic heterocycles. The summed E-state index contributed by atoms with van der Waals surface area (Å²) in [6.45, 7) is 4.19. The standard InChI is InChI=1S/C17H16Cl2O3/c1-10(2)12-4-3-5-13(9-12)22-17-14(18)6-11(7-15(17)19)8-16(20)21/h3-7,9-10H,8H2,1-2H3,(H,20,21). The Morgan fingerprint density at radius 2 is 1.82 bits per heavy atom. The van der Waals surface area contributed by atoms with Crippen molar-refractivity contribution in [1.29, 1.82) is 0 Å². The highest BCUT2D eigenvalue weighted by Crippen LogP contribution is 2.38. The predicted octanol–water partition coefficient (Wildman–Crippen LogP) is 5.54. The number of carbonyl (C=O) groups is 1. The fourth-order valence-electron chi connectivity index (χ4n) is 2.04. The van der Waals surface area contributed by atoms with E-state index in [1.165, 1.54) is 0 Å². The van der Waals surface area contributed by atoms with Crippen LogP contribution in [0.3, 0.4) is 0 Å². The summed E-state index contributed by atoms with van der Waals surface area (Å²) in [7, 11) is 0. The third-order valence-corrected chi connectivity index (χ3v) is 3.72. The maximum atomic E-state index is 10.8. The first-order valence-corrected chi connectivity index (χ1v) is 7.60. The zero-order valence-electron chi connectivity index (χ0n) is 12.3. The molecule has 0 saturated carbocycles. The largest absolute Gasteiger partial charge is 0.481 e. The lowest BCUT2D eigenvalue weighted by Gasteiger charge is -2.13. The summed E-state index contributed by atoms with van der Waals surface area (Å²) in [6.07, 6.45) is -0.136. The molecule has 5 heteroatoms. The average Bonchev–Trinajstić information content (AvgIpc) is 2.42. The van der Waals surface area contributed by atoms with Gasteiger partial charge in [-0.15, -0.1) is 0 Å². The highest BCUT2D eigenvalue weighted by Gasteiger charge is 2.13. The van der Waals surface area contributed by atoms with Gasteiger partial charge in [-0.1, -0.05) is 49.2 Å². The lowest BCUT2D eigenvalue weighted by atomic mass is 10.0. The minimum atomic E-state index is -0.939. The summed E-state index contributed by atoms with van der Waals surface area (Å²) in [5.41, 5.74) is 1.68. The molecule has 2 aromatic carbocycles. The molecule has 2 aromatic rings. The van der Waals surface area contributed by atoms with E-state index < -0.39 is 5.97 Å². The first-order valence-electron chi connectivity index (χ1n) is 6.84. The van der Waals surface area contributed by atoms with Gasteiger partial charge in [0, 0.05) is 0 Å². The van der Waals surface area contributed by atoms with E-state index >= 15 is 0 Å². The lowest BCUT2D eigenvalue weighted by molar-refractivity contribution is -0.136. The van der Waals surface area contributed by atoms with Crippen molar-refractivity contribution in [1.82, 2.24) is 0 Å². The normalized spacial score (nSPS) is 10.8. The Balaban J connectivity index is 2.30. The molecule has 0 radical (unpaired) electrons. The van der Waals surface area contributed by atoms with E-state index in [9.17, 15) is 4.79 Å². The van der Waals surface area contributed by atoms with Crippen molar-refractivity contribution in [2.24, 2.45) is 0 Å². The molecule has 0 fully saturated rings. The zero-order valence-corrected chi connectivity index (χ0v) is 13.8. The Kier molecular flexibility index (Phi) is 5.33. The SMILES string of the molecule is CC(C)c1cccc(Oc2c(Cl)cc(CC(=O)O)cc2Cl)c1. The molecule has 0 aliphatic carbocycles. The van der Waals surface area contributed by atoms with E-state index in [-0.39, 0.29) is 6.42 Å². The van der Waals surface area contributed by atoms with E-state index in [2.05, 4.69) is 13.8 Å². The summed E-state index contributed by atoms with van der Waals surface area (Å²) in [6, 6.07) is 10.8. The van der Waals surface area contributed by atoms with Crippen LogP contribution >= 0.6 is 23.2 Å². The van der Waals surface area contributed by atoms with Crippen LogP contribution in [0.2, 0.25) is 10.0 Å². The summed E-state index contributed by atoms with van der Waals surface area (Å²) in [5, 5.41) is 9.40. The molecular weight excluding hydrogens is 323 g/mol. The quantitative estimate of drug-likeness (QED) is 0.778. The van der Waals surface area contributed by atoms with Gasteiger partial charge in [0.15, 0.2) is 5.75 Å². The van der Waals surface area contributed by atoms with Gasteiger partial charge in [-0.25, -0.2) is 0 Å². The van der Waals surface area contributed by atoms with Gasteiger partial charge in [0.05, 0.1) is 16.5 Å². The number of aliphatic carboxylic acids is 1. The Morgan fingerprint density at radius 1 is 1.18 bits per heavy atom. The minimum absolute atomic E-state index is 0.136. The molecule has 0 amide bonds. The van der Waals surface area contributed by atoms with Crippen molar-refractivity contribution >= 4 is 29.2 Å². The maximum Gasteiger partial charge on any atom is 0.307 e. The van der Waals surface area contributed by atoms with Crippen LogP contribution in [-0.2, 0) is 11.2 Å². The van der Waals surface area contributed by atoms with E-state index in [4.69, 9.17) is 33.0 Å². The number of carboxylic acid groups (broad SMARTS) is 1.